The Kier molecular flexibility index (Phi) is 1.88. The van der Waals surface area contributed by atoms with Crippen LogP contribution in [-0.2, 0) is 4.79 Å². The van der Waals surface area contributed by atoms with Gasteiger partial charge < -0.3 is 10.0 Å². The molecule has 2 unspecified atom stereocenters. The zero-order chi connectivity index (χ0) is 9.64. The average Bonchev–Trinajstić information content (AvgIpc) is 2.39. The molecule has 74 valence electrons. The van der Waals surface area contributed by atoms with Crippen molar-refractivity contribution in [3.8, 4) is 0 Å². The Morgan fingerprint density at radius 3 is 2.23 bits per heavy atom. The van der Waals surface area contributed by atoms with E-state index >= 15 is 0 Å². The van der Waals surface area contributed by atoms with Gasteiger partial charge >= 0.3 is 0 Å². The molecule has 0 aromatic carbocycles. The van der Waals surface area contributed by atoms with Crippen LogP contribution in [0.2, 0.25) is 0 Å². The molecule has 1 aliphatic carbocycles. The molecule has 0 spiro atoms. The van der Waals surface area contributed by atoms with E-state index in [-0.39, 0.29) is 5.91 Å². The molecule has 0 radical (unpaired) electrons. The summed E-state index contributed by atoms with van der Waals surface area (Å²) in [4.78, 5) is 13.0. The minimum absolute atomic E-state index is 0.175. The van der Waals surface area contributed by atoms with E-state index in [2.05, 4.69) is 0 Å². The lowest BCUT2D eigenvalue weighted by Crippen LogP contribution is -2.30. The third-order valence-corrected chi connectivity index (χ3v) is 3.43. The van der Waals surface area contributed by atoms with Crippen LogP contribution < -0.4 is 0 Å². The number of rotatable bonds is 0. The molecule has 3 heteroatoms. The van der Waals surface area contributed by atoms with Gasteiger partial charge in [-0.3, -0.25) is 4.79 Å². The van der Waals surface area contributed by atoms with E-state index in [0.717, 1.165) is 25.9 Å². The molecule has 1 saturated heterocycles. The molecule has 2 rings (SSSR count). The molecule has 1 amide bonds. The van der Waals surface area contributed by atoms with E-state index in [1.165, 1.54) is 0 Å². The molecule has 1 heterocycles. The van der Waals surface area contributed by atoms with Gasteiger partial charge in [0, 0.05) is 20.0 Å². The number of hydrogen-bond acceptors (Lipinski definition) is 2. The molecule has 3 nitrogen and oxygen atoms in total. The second kappa shape index (κ2) is 2.71. The summed E-state index contributed by atoms with van der Waals surface area (Å²) in [7, 11) is 0. The van der Waals surface area contributed by atoms with Crippen LogP contribution >= 0.6 is 0 Å². The van der Waals surface area contributed by atoms with E-state index in [0.29, 0.717) is 11.8 Å². The highest BCUT2D eigenvalue weighted by Gasteiger charge is 2.46. The van der Waals surface area contributed by atoms with Crippen LogP contribution in [0, 0.1) is 11.8 Å². The maximum atomic E-state index is 11.1. The molecule has 2 aliphatic rings. The van der Waals surface area contributed by atoms with E-state index in [9.17, 15) is 9.90 Å². The number of fused-ring (bicyclic) bond motifs is 1. The fourth-order valence-electron chi connectivity index (χ4n) is 2.87. The van der Waals surface area contributed by atoms with E-state index in [4.69, 9.17) is 0 Å². The van der Waals surface area contributed by atoms with Gasteiger partial charge in [0.2, 0.25) is 5.91 Å². The first kappa shape index (κ1) is 9.00. The van der Waals surface area contributed by atoms with Gasteiger partial charge in [-0.2, -0.15) is 0 Å². The average molecular weight is 183 g/mol. The molecule has 1 N–H and O–H groups in total. The minimum Gasteiger partial charge on any atom is -0.390 e. The second-order valence-electron chi connectivity index (χ2n) is 4.85. The van der Waals surface area contributed by atoms with Crippen molar-refractivity contribution >= 4 is 5.91 Å². The van der Waals surface area contributed by atoms with E-state index in [1.54, 1.807) is 6.92 Å². The molecule has 13 heavy (non-hydrogen) atoms. The third kappa shape index (κ3) is 1.57. The molecular formula is C10H17NO2. The topological polar surface area (TPSA) is 40.5 Å². The molecular weight excluding hydrogens is 166 g/mol. The summed E-state index contributed by atoms with van der Waals surface area (Å²) in [5.74, 6) is 1.26. The summed E-state index contributed by atoms with van der Waals surface area (Å²) >= 11 is 0. The van der Waals surface area contributed by atoms with Gasteiger partial charge in [0.15, 0.2) is 0 Å². The molecule has 1 aliphatic heterocycles. The van der Waals surface area contributed by atoms with E-state index < -0.39 is 5.60 Å². The Labute approximate surface area is 78.7 Å². The van der Waals surface area contributed by atoms with Gasteiger partial charge in [-0.15, -0.1) is 0 Å². The summed E-state index contributed by atoms with van der Waals surface area (Å²) in [6, 6.07) is 0. The summed E-state index contributed by atoms with van der Waals surface area (Å²) in [5.41, 5.74) is -0.474. The van der Waals surface area contributed by atoms with Crippen LogP contribution in [0.15, 0.2) is 0 Å². The fourth-order valence-corrected chi connectivity index (χ4v) is 2.87. The zero-order valence-corrected chi connectivity index (χ0v) is 8.29. The van der Waals surface area contributed by atoms with Gasteiger partial charge in [0.05, 0.1) is 5.60 Å². The SMILES string of the molecule is CC(=O)N1CC2CC(C)(O)CC2C1. The van der Waals surface area contributed by atoms with Crippen LogP contribution in [0.4, 0.5) is 0 Å². The maximum absolute atomic E-state index is 11.1. The molecule has 1 saturated carbocycles. The predicted molar refractivity (Wildman–Crippen MR) is 49.1 cm³/mol. The number of carbonyl (C=O) groups excluding carboxylic acids is 1. The molecule has 0 aromatic heterocycles. The quantitative estimate of drug-likeness (QED) is 0.598. The number of nitrogens with zero attached hydrogens (tertiary/aromatic N) is 1. The van der Waals surface area contributed by atoms with Crippen LogP contribution in [0.25, 0.3) is 0 Å². The minimum atomic E-state index is -0.474. The fraction of sp³-hybridized carbons (Fsp3) is 0.900. The van der Waals surface area contributed by atoms with Crippen molar-refractivity contribution in [3.05, 3.63) is 0 Å². The van der Waals surface area contributed by atoms with Crippen molar-refractivity contribution in [1.82, 2.24) is 4.90 Å². The maximum Gasteiger partial charge on any atom is 0.219 e. The Hall–Kier alpha value is -0.570. The molecule has 0 aromatic rings. The highest BCUT2D eigenvalue weighted by molar-refractivity contribution is 5.73. The summed E-state index contributed by atoms with van der Waals surface area (Å²) in [6.45, 7) is 5.24. The predicted octanol–water partition coefficient (Wildman–Crippen LogP) is 0.626. The Bertz CT molecular complexity index is 221. The van der Waals surface area contributed by atoms with Crippen molar-refractivity contribution in [3.63, 3.8) is 0 Å². The molecule has 2 atom stereocenters. The lowest BCUT2D eigenvalue weighted by Gasteiger charge is -2.20. The van der Waals surface area contributed by atoms with Crippen molar-refractivity contribution in [2.75, 3.05) is 13.1 Å². The summed E-state index contributed by atoms with van der Waals surface area (Å²) in [5, 5.41) is 9.82. The molecule has 2 fully saturated rings. The lowest BCUT2D eigenvalue weighted by molar-refractivity contribution is -0.128. The van der Waals surface area contributed by atoms with Gasteiger partial charge in [0.25, 0.3) is 0 Å². The number of likely N-dealkylation sites (tertiary alicyclic amines) is 1. The van der Waals surface area contributed by atoms with Gasteiger partial charge in [-0.25, -0.2) is 0 Å². The van der Waals surface area contributed by atoms with Crippen molar-refractivity contribution in [2.24, 2.45) is 11.8 Å². The number of hydrogen-bond donors (Lipinski definition) is 1. The van der Waals surface area contributed by atoms with Crippen LogP contribution in [0.1, 0.15) is 26.7 Å². The standard InChI is InChI=1S/C10H17NO2/c1-7(12)11-5-8-3-10(2,13)4-9(8)6-11/h8-9,13H,3-6H2,1-2H3. The third-order valence-electron chi connectivity index (χ3n) is 3.43. The van der Waals surface area contributed by atoms with Crippen LogP contribution in [-0.4, -0.2) is 34.6 Å². The van der Waals surface area contributed by atoms with Crippen LogP contribution in [0.3, 0.4) is 0 Å². The second-order valence-corrected chi connectivity index (χ2v) is 4.85. The first-order valence-electron chi connectivity index (χ1n) is 4.96. The largest absolute Gasteiger partial charge is 0.390 e. The Balaban J connectivity index is 2.01. The normalized spacial score (nSPS) is 43.8. The van der Waals surface area contributed by atoms with Crippen LogP contribution in [0.5, 0.6) is 0 Å². The summed E-state index contributed by atoms with van der Waals surface area (Å²) in [6.07, 6.45) is 1.73. The van der Waals surface area contributed by atoms with Gasteiger partial charge in [0.1, 0.15) is 0 Å². The number of carbonyl (C=O) groups is 1. The Morgan fingerprint density at radius 2 is 1.85 bits per heavy atom. The summed E-state index contributed by atoms with van der Waals surface area (Å²) < 4.78 is 0. The Morgan fingerprint density at radius 1 is 1.38 bits per heavy atom. The smallest absolute Gasteiger partial charge is 0.219 e. The first-order valence-corrected chi connectivity index (χ1v) is 4.96. The monoisotopic (exact) mass is 183 g/mol. The van der Waals surface area contributed by atoms with Gasteiger partial charge in [-0.05, 0) is 31.6 Å². The van der Waals surface area contributed by atoms with Crippen molar-refractivity contribution in [1.29, 1.82) is 0 Å². The van der Waals surface area contributed by atoms with Crippen molar-refractivity contribution < 1.29 is 9.90 Å². The van der Waals surface area contributed by atoms with E-state index in [1.807, 2.05) is 11.8 Å². The lowest BCUT2D eigenvalue weighted by atomic mass is 10.0. The first-order chi connectivity index (χ1) is 5.98. The zero-order valence-electron chi connectivity index (χ0n) is 8.29. The van der Waals surface area contributed by atoms with Crippen molar-refractivity contribution in [2.45, 2.75) is 32.3 Å². The van der Waals surface area contributed by atoms with Gasteiger partial charge in [-0.1, -0.05) is 0 Å². The highest BCUT2D eigenvalue weighted by Crippen LogP contribution is 2.43. The number of aliphatic hydroxyl groups is 1. The number of amides is 1. The molecule has 0 bridgehead atoms. The highest BCUT2D eigenvalue weighted by atomic mass is 16.3.